The van der Waals surface area contributed by atoms with Crippen LogP contribution in [0.4, 0.5) is 0 Å². The highest BCUT2D eigenvalue weighted by Crippen LogP contribution is 2.41. The Morgan fingerprint density at radius 1 is 0.639 bits per heavy atom. The minimum Gasteiger partial charge on any atom is -0.455 e. The summed E-state index contributed by atoms with van der Waals surface area (Å²) in [6.45, 7) is 8.30. The van der Waals surface area contributed by atoms with Gasteiger partial charge in [-0.3, -0.25) is 0 Å². The van der Waals surface area contributed by atoms with Crippen LogP contribution in [-0.2, 0) is 9.31 Å². The maximum absolute atomic E-state index is 6.43. The Morgan fingerprint density at radius 2 is 1.28 bits per heavy atom. The number of furan rings is 1. The Labute approximate surface area is 210 Å². The lowest BCUT2D eigenvalue weighted by Crippen LogP contribution is -2.41. The predicted molar refractivity (Wildman–Crippen MR) is 148 cm³/mol. The molecular formula is C31H26BNO3. The number of pyridine rings is 1. The van der Waals surface area contributed by atoms with Crippen molar-refractivity contribution < 1.29 is 13.7 Å². The highest BCUT2D eigenvalue weighted by atomic mass is 16.7. The van der Waals surface area contributed by atoms with Gasteiger partial charge in [0.15, 0.2) is 0 Å². The van der Waals surface area contributed by atoms with Crippen molar-refractivity contribution in [3.63, 3.8) is 0 Å². The van der Waals surface area contributed by atoms with Crippen molar-refractivity contribution in [1.82, 2.24) is 4.98 Å². The molecule has 6 aromatic rings. The predicted octanol–water partition coefficient (Wildman–Crippen LogP) is 7.25. The first kappa shape index (κ1) is 21.6. The molecule has 176 valence electrons. The van der Waals surface area contributed by atoms with Gasteiger partial charge in [-0.2, -0.15) is 0 Å². The zero-order valence-electron chi connectivity index (χ0n) is 20.8. The summed E-state index contributed by atoms with van der Waals surface area (Å²) in [4.78, 5) is 5.10. The molecule has 0 spiro atoms. The second kappa shape index (κ2) is 7.42. The number of rotatable bonds is 2. The molecule has 1 aliphatic rings. The van der Waals surface area contributed by atoms with Gasteiger partial charge in [0.1, 0.15) is 11.2 Å². The summed E-state index contributed by atoms with van der Waals surface area (Å²) in [5, 5.41) is 5.51. The van der Waals surface area contributed by atoms with E-state index in [1.807, 2.05) is 18.2 Å². The first-order chi connectivity index (χ1) is 17.3. The Balaban J connectivity index is 1.42. The second-order valence-electron chi connectivity index (χ2n) is 10.7. The quantitative estimate of drug-likeness (QED) is 0.197. The minimum absolute atomic E-state index is 0.371. The van der Waals surface area contributed by atoms with E-state index in [0.29, 0.717) is 0 Å². The summed E-state index contributed by atoms with van der Waals surface area (Å²) < 4.78 is 18.9. The van der Waals surface area contributed by atoms with Gasteiger partial charge in [-0.1, -0.05) is 66.7 Å². The van der Waals surface area contributed by atoms with Crippen LogP contribution >= 0.6 is 0 Å². The standard InChI is InChI=1S/C31H26BNO3/c1-30(2)31(3,4)36-32(35-30)20-15-13-19(14-16-20)28-24-18-17-22-21-9-6-8-12-26(21)34-29(22)27(24)23-10-5-7-11-25(23)33-28/h5-18H,1-4H3. The molecule has 0 bridgehead atoms. The maximum atomic E-state index is 6.43. The third-order valence-electron chi connectivity index (χ3n) is 7.92. The van der Waals surface area contributed by atoms with Crippen LogP contribution in [0.3, 0.4) is 0 Å². The second-order valence-corrected chi connectivity index (χ2v) is 10.7. The number of fused-ring (bicyclic) bond motifs is 7. The number of hydrogen-bond donors (Lipinski definition) is 0. The van der Waals surface area contributed by atoms with Crippen LogP contribution in [-0.4, -0.2) is 23.3 Å². The summed E-state index contributed by atoms with van der Waals surface area (Å²) in [6.07, 6.45) is 0. The molecule has 0 saturated carbocycles. The van der Waals surface area contributed by atoms with E-state index in [0.717, 1.165) is 60.3 Å². The molecule has 3 heterocycles. The van der Waals surface area contributed by atoms with Crippen LogP contribution in [0, 0.1) is 0 Å². The molecule has 2 aromatic heterocycles. The monoisotopic (exact) mass is 471 g/mol. The minimum atomic E-state index is -0.388. The van der Waals surface area contributed by atoms with Crippen LogP contribution in [0.1, 0.15) is 27.7 Å². The number of benzene rings is 4. The van der Waals surface area contributed by atoms with Crippen LogP contribution in [0.15, 0.2) is 89.3 Å². The zero-order valence-corrected chi connectivity index (χ0v) is 20.8. The Morgan fingerprint density at radius 3 is 2.03 bits per heavy atom. The highest BCUT2D eigenvalue weighted by Gasteiger charge is 2.51. The lowest BCUT2D eigenvalue weighted by Gasteiger charge is -2.32. The van der Waals surface area contributed by atoms with E-state index >= 15 is 0 Å². The molecule has 0 radical (unpaired) electrons. The molecule has 5 heteroatoms. The summed E-state index contributed by atoms with van der Waals surface area (Å²) >= 11 is 0. The molecule has 7 rings (SSSR count). The average Bonchev–Trinajstić information content (AvgIpc) is 3.36. The van der Waals surface area contributed by atoms with Gasteiger partial charge < -0.3 is 13.7 Å². The fourth-order valence-electron chi connectivity index (χ4n) is 5.21. The molecule has 4 nitrogen and oxygen atoms in total. The van der Waals surface area contributed by atoms with Crippen LogP contribution < -0.4 is 5.46 Å². The van der Waals surface area contributed by atoms with Gasteiger partial charge in [-0.25, -0.2) is 4.98 Å². The van der Waals surface area contributed by atoms with Gasteiger partial charge in [0.05, 0.1) is 22.4 Å². The van der Waals surface area contributed by atoms with Crippen LogP contribution in [0.5, 0.6) is 0 Å². The Bertz CT molecular complexity index is 1780. The van der Waals surface area contributed by atoms with Gasteiger partial charge in [-0.15, -0.1) is 0 Å². The first-order valence-electron chi connectivity index (χ1n) is 12.4. The molecule has 1 aliphatic heterocycles. The van der Waals surface area contributed by atoms with Crippen molar-refractivity contribution in [2.24, 2.45) is 0 Å². The molecular weight excluding hydrogens is 445 g/mol. The first-order valence-corrected chi connectivity index (χ1v) is 12.4. The third-order valence-corrected chi connectivity index (χ3v) is 7.92. The van der Waals surface area contributed by atoms with Crippen molar-refractivity contribution in [3.05, 3.63) is 84.9 Å². The van der Waals surface area contributed by atoms with Gasteiger partial charge in [-0.05, 0) is 51.4 Å². The van der Waals surface area contributed by atoms with Crippen LogP contribution in [0.2, 0.25) is 0 Å². The molecule has 4 aromatic carbocycles. The van der Waals surface area contributed by atoms with Gasteiger partial charge in [0.25, 0.3) is 0 Å². The summed E-state index contributed by atoms with van der Waals surface area (Å²) in [7, 11) is -0.388. The fraction of sp³-hybridized carbons (Fsp3) is 0.194. The van der Waals surface area contributed by atoms with Crippen molar-refractivity contribution in [2.45, 2.75) is 38.9 Å². The normalized spacial score (nSPS) is 17.1. The van der Waals surface area contributed by atoms with Crippen molar-refractivity contribution in [2.75, 3.05) is 0 Å². The fourth-order valence-corrected chi connectivity index (χ4v) is 5.21. The van der Waals surface area contributed by atoms with E-state index in [1.165, 1.54) is 0 Å². The zero-order chi connectivity index (χ0) is 24.7. The molecule has 0 aliphatic carbocycles. The Kier molecular flexibility index (Phi) is 4.45. The Hall–Kier alpha value is -3.67. The van der Waals surface area contributed by atoms with E-state index < -0.39 is 0 Å². The molecule has 1 fully saturated rings. The average molecular weight is 471 g/mol. The topological polar surface area (TPSA) is 44.5 Å². The molecule has 1 saturated heterocycles. The van der Waals surface area contributed by atoms with Crippen LogP contribution in [0.25, 0.3) is 54.9 Å². The van der Waals surface area contributed by atoms with E-state index in [1.54, 1.807) is 0 Å². The van der Waals surface area contributed by atoms with Gasteiger partial charge in [0.2, 0.25) is 0 Å². The summed E-state index contributed by atoms with van der Waals surface area (Å²) in [5.41, 5.74) is 4.99. The summed E-state index contributed by atoms with van der Waals surface area (Å²) in [6, 6.07) is 29.2. The summed E-state index contributed by atoms with van der Waals surface area (Å²) in [5.74, 6) is 0. The lowest BCUT2D eigenvalue weighted by molar-refractivity contribution is 0.00578. The molecule has 0 unspecified atom stereocenters. The van der Waals surface area contributed by atoms with Gasteiger partial charge in [0, 0.05) is 32.5 Å². The largest absolute Gasteiger partial charge is 0.494 e. The van der Waals surface area contributed by atoms with Crippen molar-refractivity contribution >= 4 is 56.2 Å². The maximum Gasteiger partial charge on any atom is 0.494 e. The molecule has 0 N–H and O–H groups in total. The van der Waals surface area contributed by atoms with E-state index in [-0.39, 0.29) is 18.3 Å². The lowest BCUT2D eigenvalue weighted by atomic mass is 9.78. The smallest absolute Gasteiger partial charge is 0.455 e. The third kappa shape index (κ3) is 3.06. The van der Waals surface area contributed by atoms with E-state index in [9.17, 15) is 0 Å². The number of nitrogens with zero attached hydrogens (tertiary/aromatic N) is 1. The number of aromatic nitrogens is 1. The van der Waals surface area contributed by atoms with Gasteiger partial charge >= 0.3 is 7.12 Å². The molecule has 0 amide bonds. The van der Waals surface area contributed by atoms with Crippen molar-refractivity contribution in [1.29, 1.82) is 0 Å². The number of para-hydroxylation sites is 2. The molecule has 36 heavy (non-hydrogen) atoms. The number of hydrogen-bond acceptors (Lipinski definition) is 4. The van der Waals surface area contributed by atoms with E-state index in [4.69, 9.17) is 18.7 Å². The molecule has 0 atom stereocenters. The van der Waals surface area contributed by atoms with Crippen molar-refractivity contribution in [3.8, 4) is 11.3 Å². The SMILES string of the molecule is CC1(C)OB(c2ccc(-c3nc4ccccc4c4c3ccc3c5ccccc5oc34)cc2)OC1(C)C. The highest BCUT2D eigenvalue weighted by molar-refractivity contribution is 6.62. The van der Waals surface area contributed by atoms with E-state index in [2.05, 4.69) is 94.4 Å².